The van der Waals surface area contributed by atoms with Crippen LogP contribution in [0.5, 0.6) is 0 Å². The molecule has 1 aromatic rings. The summed E-state index contributed by atoms with van der Waals surface area (Å²) >= 11 is 0. The molecule has 0 atom stereocenters. The molecule has 0 fully saturated rings. The van der Waals surface area contributed by atoms with Crippen LogP contribution in [0.2, 0.25) is 0 Å². The zero-order chi connectivity index (χ0) is 19.4. The first-order chi connectivity index (χ1) is 13.3. The third-order valence-corrected chi connectivity index (χ3v) is 5.35. The number of hydrogen-bond donors (Lipinski definition) is 0. The Morgan fingerprint density at radius 1 is 0.667 bits per heavy atom. The van der Waals surface area contributed by atoms with Crippen LogP contribution < -0.4 is 0 Å². The molecule has 0 N–H and O–H groups in total. The maximum Gasteiger partial charge on any atom is 0.0230 e. The summed E-state index contributed by atoms with van der Waals surface area (Å²) in [5.41, 5.74) is 1.42. The highest BCUT2D eigenvalue weighted by atomic mass is 15.1. The monoisotopic (exact) mass is 371 g/mol. The molecule has 1 nitrogen and oxygen atoms in total. The standard InChI is InChI=1S/C26H45N/c1-3-4-5-6-7-8-9-10-11-12-13-14-15-16-17-21-24-27(2)25-26-22-19-18-20-23-26/h10-11,18-20,22-23H,3-9,12-17,21,24-25H2,1-2H3. The van der Waals surface area contributed by atoms with Gasteiger partial charge in [-0.3, -0.25) is 0 Å². The van der Waals surface area contributed by atoms with Gasteiger partial charge in [-0.1, -0.05) is 107 Å². The van der Waals surface area contributed by atoms with Gasteiger partial charge in [0.25, 0.3) is 0 Å². The predicted molar refractivity (Wildman–Crippen MR) is 122 cm³/mol. The largest absolute Gasteiger partial charge is 0.302 e. The fourth-order valence-electron chi connectivity index (χ4n) is 3.60. The molecule has 27 heavy (non-hydrogen) atoms. The lowest BCUT2D eigenvalue weighted by Gasteiger charge is -2.16. The Labute approximate surface area is 170 Å². The lowest BCUT2D eigenvalue weighted by Crippen LogP contribution is -2.18. The van der Waals surface area contributed by atoms with E-state index >= 15 is 0 Å². The van der Waals surface area contributed by atoms with Crippen molar-refractivity contribution in [2.75, 3.05) is 13.6 Å². The van der Waals surface area contributed by atoms with Gasteiger partial charge < -0.3 is 4.90 Å². The van der Waals surface area contributed by atoms with Crippen LogP contribution in [0.4, 0.5) is 0 Å². The summed E-state index contributed by atoms with van der Waals surface area (Å²) < 4.78 is 0. The van der Waals surface area contributed by atoms with Crippen LogP contribution in [-0.2, 0) is 6.54 Å². The van der Waals surface area contributed by atoms with E-state index in [9.17, 15) is 0 Å². The highest BCUT2D eigenvalue weighted by Crippen LogP contribution is 2.10. The van der Waals surface area contributed by atoms with Crippen molar-refractivity contribution in [2.45, 2.75) is 103 Å². The average molecular weight is 372 g/mol. The third kappa shape index (κ3) is 15.7. The number of rotatable bonds is 18. The van der Waals surface area contributed by atoms with Crippen molar-refractivity contribution in [3.63, 3.8) is 0 Å². The molecule has 0 aliphatic carbocycles. The molecule has 1 aromatic carbocycles. The van der Waals surface area contributed by atoms with Gasteiger partial charge >= 0.3 is 0 Å². The van der Waals surface area contributed by atoms with E-state index in [0.717, 1.165) is 6.54 Å². The van der Waals surface area contributed by atoms with E-state index in [1.165, 1.54) is 102 Å². The highest BCUT2D eigenvalue weighted by Gasteiger charge is 1.99. The second-order valence-electron chi connectivity index (χ2n) is 8.16. The second-order valence-corrected chi connectivity index (χ2v) is 8.16. The molecular weight excluding hydrogens is 326 g/mol. The lowest BCUT2D eigenvalue weighted by molar-refractivity contribution is 0.316. The number of nitrogens with zero attached hydrogens (tertiary/aromatic N) is 1. The summed E-state index contributed by atoms with van der Waals surface area (Å²) in [5.74, 6) is 0. The Balaban J connectivity index is 1.80. The van der Waals surface area contributed by atoms with Crippen molar-refractivity contribution in [3.8, 4) is 0 Å². The van der Waals surface area contributed by atoms with Gasteiger partial charge in [0.1, 0.15) is 0 Å². The number of benzene rings is 1. The molecule has 1 rings (SSSR count). The molecule has 0 amide bonds. The van der Waals surface area contributed by atoms with E-state index in [2.05, 4.69) is 61.4 Å². The first kappa shape index (κ1) is 24.0. The Hall–Kier alpha value is -1.08. The number of hydrogen-bond acceptors (Lipinski definition) is 1. The van der Waals surface area contributed by atoms with Crippen LogP contribution in [0.1, 0.15) is 102 Å². The summed E-state index contributed by atoms with van der Waals surface area (Å²) in [6.07, 6.45) is 24.2. The molecule has 0 radical (unpaired) electrons. The second kappa shape index (κ2) is 18.3. The number of unbranched alkanes of at least 4 members (excludes halogenated alkanes) is 12. The third-order valence-electron chi connectivity index (χ3n) is 5.35. The van der Waals surface area contributed by atoms with E-state index in [1.54, 1.807) is 0 Å². The van der Waals surface area contributed by atoms with Crippen LogP contribution in [-0.4, -0.2) is 18.5 Å². The van der Waals surface area contributed by atoms with Crippen molar-refractivity contribution in [1.82, 2.24) is 4.90 Å². The number of allylic oxidation sites excluding steroid dienone is 2. The van der Waals surface area contributed by atoms with E-state index in [1.807, 2.05) is 0 Å². The van der Waals surface area contributed by atoms with Gasteiger partial charge in [0.15, 0.2) is 0 Å². The van der Waals surface area contributed by atoms with Gasteiger partial charge in [-0.05, 0) is 51.3 Å². The van der Waals surface area contributed by atoms with Crippen molar-refractivity contribution >= 4 is 0 Å². The van der Waals surface area contributed by atoms with Gasteiger partial charge in [0, 0.05) is 6.54 Å². The van der Waals surface area contributed by atoms with E-state index < -0.39 is 0 Å². The molecule has 0 heterocycles. The summed E-state index contributed by atoms with van der Waals surface area (Å²) in [4.78, 5) is 2.45. The van der Waals surface area contributed by atoms with Crippen molar-refractivity contribution in [1.29, 1.82) is 0 Å². The first-order valence-electron chi connectivity index (χ1n) is 11.7. The van der Waals surface area contributed by atoms with Gasteiger partial charge in [-0.25, -0.2) is 0 Å². The van der Waals surface area contributed by atoms with E-state index in [-0.39, 0.29) is 0 Å². The topological polar surface area (TPSA) is 3.24 Å². The van der Waals surface area contributed by atoms with Gasteiger partial charge in [0.2, 0.25) is 0 Å². The highest BCUT2D eigenvalue weighted by molar-refractivity contribution is 5.14. The minimum absolute atomic E-state index is 1.08. The zero-order valence-electron chi connectivity index (χ0n) is 18.3. The van der Waals surface area contributed by atoms with Crippen LogP contribution >= 0.6 is 0 Å². The van der Waals surface area contributed by atoms with Crippen molar-refractivity contribution < 1.29 is 0 Å². The quantitative estimate of drug-likeness (QED) is 0.186. The molecule has 0 unspecified atom stereocenters. The fraction of sp³-hybridized carbons (Fsp3) is 0.692. The molecule has 0 saturated carbocycles. The summed E-state index contributed by atoms with van der Waals surface area (Å²) in [6, 6.07) is 10.8. The van der Waals surface area contributed by atoms with E-state index in [4.69, 9.17) is 0 Å². The van der Waals surface area contributed by atoms with E-state index in [0.29, 0.717) is 0 Å². The molecule has 0 saturated heterocycles. The maximum atomic E-state index is 2.45. The van der Waals surface area contributed by atoms with Crippen LogP contribution in [0.25, 0.3) is 0 Å². The van der Waals surface area contributed by atoms with Gasteiger partial charge in [-0.15, -0.1) is 0 Å². The molecular formula is C26H45N. The van der Waals surface area contributed by atoms with Crippen molar-refractivity contribution in [3.05, 3.63) is 48.0 Å². The van der Waals surface area contributed by atoms with Crippen molar-refractivity contribution in [2.24, 2.45) is 0 Å². The normalized spacial score (nSPS) is 11.7. The molecule has 0 aliphatic heterocycles. The van der Waals surface area contributed by atoms with Crippen LogP contribution in [0, 0.1) is 0 Å². The molecule has 1 heteroatoms. The van der Waals surface area contributed by atoms with Crippen LogP contribution in [0.15, 0.2) is 42.5 Å². The summed E-state index contributed by atoms with van der Waals surface area (Å²) in [5, 5.41) is 0. The Morgan fingerprint density at radius 2 is 1.19 bits per heavy atom. The Kier molecular flexibility index (Phi) is 16.2. The lowest BCUT2D eigenvalue weighted by atomic mass is 10.1. The zero-order valence-corrected chi connectivity index (χ0v) is 18.3. The Bertz CT molecular complexity index is 437. The SMILES string of the molecule is CCCCCCCCC=CCCCCCCCCN(C)Cc1ccccc1. The van der Waals surface area contributed by atoms with Gasteiger partial charge in [0.05, 0.1) is 0 Å². The minimum Gasteiger partial charge on any atom is -0.302 e. The molecule has 0 spiro atoms. The predicted octanol–water partition coefficient (Wildman–Crippen LogP) is 8.16. The van der Waals surface area contributed by atoms with Gasteiger partial charge in [-0.2, -0.15) is 0 Å². The minimum atomic E-state index is 1.08. The molecule has 0 aromatic heterocycles. The summed E-state index contributed by atoms with van der Waals surface area (Å²) in [7, 11) is 2.24. The summed E-state index contributed by atoms with van der Waals surface area (Å²) in [6.45, 7) is 4.58. The van der Waals surface area contributed by atoms with Crippen LogP contribution in [0.3, 0.4) is 0 Å². The maximum absolute atomic E-state index is 2.45. The molecule has 154 valence electrons. The average Bonchev–Trinajstić information content (AvgIpc) is 2.68. The molecule has 0 bridgehead atoms. The molecule has 0 aliphatic rings. The first-order valence-corrected chi connectivity index (χ1v) is 11.7. The fourth-order valence-corrected chi connectivity index (χ4v) is 3.60. The Morgan fingerprint density at radius 3 is 1.78 bits per heavy atom. The smallest absolute Gasteiger partial charge is 0.0230 e.